The summed E-state index contributed by atoms with van der Waals surface area (Å²) in [6.07, 6.45) is -0.125. The van der Waals surface area contributed by atoms with Crippen molar-refractivity contribution in [3.63, 3.8) is 0 Å². The number of urea groups is 1. The smallest absolute Gasteiger partial charge is 0.317 e. The molecule has 34 heavy (non-hydrogen) atoms. The van der Waals surface area contributed by atoms with Crippen LogP contribution in [0.4, 0.5) is 10.5 Å². The summed E-state index contributed by atoms with van der Waals surface area (Å²) in [6.45, 7) is 6.74. The summed E-state index contributed by atoms with van der Waals surface area (Å²) in [5.41, 5.74) is 2.10. The molecule has 3 aliphatic rings. The number of hydrogen-bond donors (Lipinski definition) is 4. The van der Waals surface area contributed by atoms with Gasteiger partial charge in [0.2, 0.25) is 0 Å². The summed E-state index contributed by atoms with van der Waals surface area (Å²) in [4.78, 5) is 29.4. The first-order chi connectivity index (χ1) is 16.3. The van der Waals surface area contributed by atoms with Crippen LogP contribution in [0.25, 0.3) is 0 Å². The summed E-state index contributed by atoms with van der Waals surface area (Å²) in [5.74, 6) is -0.165. The molecule has 2 saturated heterocycles. The van der Waals surface area contributed by atoms with Gasteiger partial charge in [-0.1, -0.05) is 36.7 Å². The Labute approximate surface area is 204 Å². The molecule has 9 heteroatoms. The van der Waals surface area contributed by atoms with Crippen molar-refractivity contribution in [1.82, 2.24) is 20.9 Å². The molecule has 180 valence electrons. The molecule has 2 aromatic rings. The second kappa shape index (κ2) is 8.76. The van der Waals surface area contributed by atoms with Crippen LogP contribution < -0.4 is 20.9 Å². The summed E-state index contributed by atoms with van der Waals surface area (Å²) in [5, 5.41) is 20.4. The molecule has 0 aliphatic carbocycles. The molecule has 1 unspecified atom stereocenters. The molecule has 2 fully saturated rings. The van der Waals surface area contributed by atoms with Gasteiger partial charge < -0.3 is 30.9 Å². The van der Waals surface area contributed by atoms with Gasteiger partial charge in [-0.3, -0.25) is 4.79 Å². The van der Waals surface area contributed by atoms with E-state index in [2.05, 4.69) is 34.7 Å². The third-order valence-corrected chi connectivity index (χ3v) is 7.56. The summed E-state index contributed by atoms with van der Waals surface area (Å²) in [7, 11) is 0. The fraction of sp³-hybridized carbons (Fsp3) is 0.440. The minimum Gasteiger partial charge on any atom is -0.371 e. The number of piperazine rings is 1. The van der Waals surface area contributed by atoms with Gasteiger partial charge >= 0.3 is 6.03 Å². The van der Waals surface area contributed by atoms with Gasteiger partial charge in [0, 0.05) is 48.0 Å². The van der Waals surface area contributed by atoms with Gasteiger partial charge in [-0.05, 0) is 48.7 Å². The number of fused-ring (bicyclic) bond motifs is 1. The number of hydrogen-bond acceptors (Lipinski definition) is 5. The third-order valence-electron chi connectivity index (χ3n) is 7.32. The number of aliphatic hydroxyl groups is 1. The topological polar surface area (TPSA) is 96.9 Å². The predicted molar refractivity (Wildman–Crippen MR) is 131 cm³/mol. The van der Waals surface area contributed by atoms with Crippen LogP contribution in [0.2, 0.25) is 5.02 Å². The molecule has 0 radical (unpaired) electrons. The Morgan fingerprint density at radius 2 is 1.94 bits per heavy atom. The second-order valence-electron chi connectivity index (χ2n) is 9.50. The van der Waals surface area contributed by atoms with Crippen LogP contribution in [-0.2, 0) is 12.1 Å². The van der Waals surface area contributed by atoms with Crippen molar-refractivity contribution < 1.29 is 14.7 Å². The third kappa shape index (κ3) is 3.89. The molecule has 5 rings (SSSR count). The fourth-order valence-corrected chi connectivity index (χ4v) is 5.45. The minimum absolute atomic E-state index is 0.124. The van der Waals surface area contributed by atoms with Crippen LogP contribution >= 0.6 is 11.6 Å². The van der Waals surface area contributed by atoms with Gasteiger partial charge in [-0.15, -0.1) is 0 Å². The number of nitrogens with zero attached hydrogens (tertiary/aromatic N) is 2. The van der Waals surface area contributed by atoms with E-state index in [1.54, 1.807) is 17.0 Å². The minimum atomic E-state index is -1.19. The van der Waals surface area contributed by atoms with Gasteiger partial charge in [0.15, 0.2) is 6.23 Å². The van der Waals surface area contributed by atoms with Crippen LogP contribution in [0.15, 0.2) is 42.5 Å². The molecule has 2 aromatic carbocycles. The van der Waals surface area contributed by atoms with Gasteiger partial charge in [0.05, 0.1) is 6.54 Å². The lowest BCUT2D eigenvalue weighted by Crippen LogP contribution is -2.55. The molecule has 3 heterocycles. The van der Waals surface area contributed by atoms with Crippen molar-refractivity contribution in [3.8, 4) is 0 Å². The highest BCUT2D eigenvalue weighted by atomic mass is 35.5. The molecule has 3 aliphatic heterocycles. The van der Waals surface area contributed by atoms with Crippen LogP contribution in [0.5, 0.6) is 0 Å². The first-order valence-electron chi connectivity index (χ1n) is 11.8. The highest BCUT2D eigenvalue weighted by molar-refractivity contribution is 6.31. The van der Waals surface area contributed by atoms with E-state index in [1.807, 2.05) is 30.3 Å². The largest absolute Gasteiger partial charge is 0.371 e. The quantitative estimate of drug-likeness (QED) is 0.523. The Kier molecular flexibility index (Phi) is 5.91. The lowest BCUT2D eigenvalue weighted by atomic mass is 9.88. The predicted octanol–water partition coefficient (Wildman–Crippen LogP) is 2.40. The monoisotopic (exact) mass is 483 g/mol. The zero-order valence-electron chi connectivity index (χ0n) is 19.3. The van der Waals surface area contributed by atoms with E-state index in [-0.39, 0.29) is 12.5 Å². The highest BCUT2D eigenvalue weighted by Gasteiger charge is 2.50. The fourth-order valence-electron chi connectivity index (χ4n) is 5.28. The van der Waals surface area contributed by atoms with Crippen molar-refractivity contribution in [2.45, 2.75) is 50.7 Å². The van der Waals surface area contributed by atoms with E-state index in [9.17, 15) is 14.7 Å². The molecule has 0 aromatic heterocycles. The zero-order valence-corrected chi connectivity index (χ0v) is 20.1. The molecule has 4 N–H and O–H groups in total. The van der Waals surface area contributed by atoms with Crippen molar-refractivity contribution in [2.75, 3.05) is 24.5 Å². The maximum absolute atomic E-state index is 13.1. The van der Waals surface area contributed by atoms with E-state index in [1.165, 1.54) is 0 Å². The number of carbonyl (C=O) groups is 2. The molecular formula is C25H30ClN5O3. The Bertz CT molecular complexity index is 1110. The highest BCUT2D eigenvalue weighted by Crippen LogP contribution is 2.34. The number of halogens is 1. The average Bonchev–Trinajstić information content (AvgIpc) is 3.29. The van der Waals surface area contributed by atoms with Crippen LogP contribution in [0, 0.1) is 0 Å². The van der Waals surface area contributed by atoms with Crippen LogP contribution in [0.3, 0.4) is 0 Å². The van der Waals surface area contributed by atoms with Crippen molar-refractivity contribution >= 4 is 29.2 Å². The average molecular weight is 484 g/mol. The number of rotatable bonds is 5. The maximum Gasteiger partial charge on any atom is 0.317 e. The molecule has 3 amide bonds. The summed E-state index contributed by atoms with van der Waals surface area (Å²) < 4.78 is 0. The first kappa shape index (κ1) is 23.0. The number of nitrogens with one attached hydrogen (secondary N) is 3. The first-order valence-corrected chi connectivity index (χ1v) is 12.1. The normalized spacial score (nSPS) is 28.6. The van der Waals surface area contributed by atoms with E-state index in [4.69, 9.17) is 11.6 Å². The number of aliphatic hydroxyl groups excluding tert-OH is 1. The van der Waals surface area contributed by atoms with Crippen molar-refractivity contribution in [2.24, 2.45) is 0 Å². The van der Waals surface area contributed by atoms with Gasteiger partial charge in [0.25, 0.3) is 5.91 Å². The van der Waals surface area contributed by atoms with Gasteiger partial charge in [0.1, 0.15) is 5.54 Å². The Hall–Kier alpha value is -2.81. The van der Waals surface area contributed by atoms with Crippen LogP contribution in [-0.4, -0.2) is 59.9 Å². The van der Waals surface area contributed by atoms with E-state index in [0.29, 0.717) is 29.2 Å². The Morgan fingerprint density at radius 3 is 2.62 bits per heavy atom. The van der Waals surface area contributed by atoms with Gasteiger partial charge in [-0.25, -0.2) is 4.79 Å². The summed E-state index contributed by atoms with van der Waals surface area (Å²) >= 11 is 6.09. The summed E-state index contributed by atoms with van der Waals surface area (Å²) in [6, 6.07) is 13.5. The number of carbonyl (C=O) groups excluding carboxylic acids is 2. The van der Waals surface area contributed by atoms with E-state index < -0.39 is 17.8 Å². The van der Waals surface area contributed by atoms with E-state index in [0.717, 1.165) is 36.3 Å². The molecule has 4 atom stereocenters. The number of benzene rings is 2. The van der Waals surface area contributed by atoms with Crippen molar-refractivity contribution in [1.29, 1.82) is 0 Å². The lowest BCUT2D eigenvalue weighted by molar-refractivity contribution is 0.0436. The zero-order chi connectivity index (χ0) is 24.0. The number of anilines is 1. The standard InChI is InChI=1S/C25H30ClN5O3/c1-3-19-13-31(15(2)11-27-19)20-8-5-17(6-9-20)25(23(33)28-24(34)29-25)14-30-12-16-4-7-18(26)10-21(16)22(30)32/h4-10,15,19,23,27,33H,3,11-14H2,1-2H3,(H2,28,29,34)/t15-,19+,23?,25+/m1/s1. The Morgan fingerprint density at radius 1 is 1.18 bits per heavy atom. The Balaban J connectivity index is 1.43. The number of amides is 3. The SMILES string of the molecule is CC[C@H]1CN(c2ccc([C@]3(CN4Cc5ccc(Cl)cc5C4=O)NC(=O)NC3O)cc2)[C@H](C)CN1. The maximum atomic E-state index is 13.1. The molecule has 8 nitrogen and oxygen atoms in total. The second-order valence-corrected chi connectivity index (χ2v) is 9.93. The van der Waals surface area contributed by atoms with E-state index >= 15 is 0 Å². The molecule has 0 spiro atoms. The lowest BCUT2D eigenvalue weighted by Gasteiger charge is -2.40. The molecular weight excluding hydrogens is 454 g/mol. The molecule has 0 saturated carbocycles. The molecule has 0 bridgehead atoms. The van der Waals surface area contributed by atoms with Crippen LogP contribution in [0.1, 0.15) is 41.8 Å². The van der Waals surface area contributed by atoms with Crippen molar-refractivity contribution in [3.05, 3.63) is 64.2 Å². The van der Waals surface area contributed by atoms with Gasteiger partial charge in [-0.2, -0.15) is 0 Å².